The summed E-state index contributed by atoms with van der Waals surface area (Å²) >= 11 is 3.45. The Bertz CT molecular complexity index is 599. The largest absolute Gasteiger partial charge is 0.324 e. The monoisotopic (exact) mass is 325 g/mol. The lowest BCUT2D eigenvalue weighted by Crippen LogP contribution is -2.15. The van der Waals surface area contributed by atoms with Crippen molar-refractivity contribution in [3.05, 3.63) is 69.2 Å². The molecule has 0 fully saturated rings. The van der Waals surface area contributed by atoms with Gasteiger partial charge in [-0.3, -0.25) is 0 Å². The summed E-state index contributed by atoms with van der Waals surface area (Å²) in [6.07, 6.45) is 0.255. The van der Waals surface area contributed by atoms with Crippen molar-refractivity contribution in [2.75, 3.05) is 0 Å². The lowest BCUT2D eigenvalue weighted by atomic mass is 9.98. The molecule has 0 bridgehead atoms. The van der Waals surface area contributed by atoms with Crippen LogP contribution in [-0.4, -0.2) is 0 Å². The molecule has 0 aliphatic carbocycles. The number of rotatable bonds is 3. The quantitative estimate of drug-likeness (QED) is 0.895. The van der Waals surface area contributed by atoms with Gasteiger partial charge < -0.3 is 5.73 Å². The predicted molar refractivity (Wildman–Crippen MR) is 75.9 cm³/mol. The maximum atomic E-state index is 13.6. The predicted octanol–water partition coefficient (Wildman–Crippen LogP) is 4.28. The molecule has 1 atom stereocenters. The first kappa shape index (κ1) is 14.2. The van der Waals surface area contributed by atoms with Gasteiger partial charge in [0.2, 0.25) is 0 Å². The van der Waals surface area contributed by atoms with Crippen LogP contribution in [0, 0.1) is 18.6 Å². The minimum Gasteiger partial charge on any atom is -0.324 e. The molecule has 0 aromatic heterocycles. The third-order valence-electron chi connectivity index (χ3n) is 3.03. The molecule has 2 N–H and O–H groups in total. The van der Waals surface area contributed by atoms with Crippen molar-refractivity contribution in [2.24, 2.45) is 5.73 Å². The van der Waals surface area contributed by atoms with E-state index in [0.717, 1.165) is 21.7 Å². The van der Waals surface area contributed by atoms with E-state index >= 15 is 0 Å². The third-order valence-corrected chi connectivity index (χ3v) is 3.71. The highest BCUT2D eigenvalue weighted by Gasteiger charge is 2.15. The van der Waals surface area contributed by atoms with Crippen LogP contribution in [0.4, 0.5) is 8.78 Å². The number of benzene rings is 2. The SMILES string of the molecule is Cc1ccc(C(N)Cc2cccc(F)c2F)c(Br)c1. The Morgan fingerprint density at radius 2 is 1.95 bits per heavy atom. The fourth-order valence-corrected chi connectivity index (χ4v) is 2.77. The number of halogens is 3. The van der Waals surface area contributed by atoms with Crippen LogP contribution in [0.1, 0.15) is 22.7 Å². The van der Waals surface area contributed by atoms with Crippen molar-refractivity contribution in [2.45, 2.75) is 19.4 Å². The van der Waals surface area contributed by atoms with Gasteiger partial charge in [0, 0.05) is 10.5 Å². The molecule has 0 saturated heterocycles. The van der Waals surface area contributed by atoms with Gasteiger partial charge in [0.25, 0.3) is 0 Å². The van der Waals surface area contributed by atoms with E-state index in [2.05, 4.69) is 15.9 Å². The van der Waals surface area contributed by atoms with Crippen molar-refractivity contribution in [3.63, 3.8) is 0 Å². The van der Waals surface area contributed by atoms with Crippen LogP contribution in [-0.2, 0) is 6.42 Å². The Hall–Kier alpha value is -1.26. The van der Waals surface area contributed by atoms with Gasteiger partial charge in [0.05, 0.1) is 0 Å². The van der Waals surface area contributed by atoms with Gasteiger partial charge in [-0.25, -0.2) is 8.78 Å². The third kappa shape index (κ3) is 3.19. The first-order valence-electron chi connectivity index (χ1n) is 5.93. The van der Waals surface area contributed by atoms with E-state index in [4.69, 9.17) is 5.73 Å². The minimum absolute atomic E-state index is 0.255. The molecule has 0 heterocycles. The highest BCUT2D eigenvalue weighted by molar-refractivity contribution is 9.10. The van der Waals surface area contributed by atoms with E-state index in [1.165, 1.54) is 6.07 Å². The average molecular weight is 326 g/mol. The van der Waals surface area contributed by atoms with Crippen molar-refractivity contribution in [1.82, 2.24) is 0 Å². The summed E-state index contributed by atoms with van der Waals surface area (Å²) in [5.74, 6) is -1.66. The average Bonchev–Trinajstić information content (AvgIpc) is 2.34. The Morgan fingerprint density at radius 3 is 2.63 bits per heavy atom. The molecule has 4 heteroatoms. The highest BCUT2D eigenvalue weighted by atomic mass is 79.9. The first-order valence-corrected chi connectivity index (χ1v) is 6.73. The molecule has 0 aliphatic rings. The van der Waals surface area contributed by atoms with Crippen LogP contribution in [0.5, 0.6) is 0 Å². The van der Waals surface area contributed by atoms with Gasteiger partial charge >= 0.3 is 0 Å². The molecule has 0 spiro atoms. The summed E-state index contributed by atoms with van der Waals surface area (Å²) in [6.45, 7) is 1.98. The molecular weight excluding hydrogens is 312 g/mol. The molecule has 0 amide bonds. The molecule has 0 saturated carbocycles. The van der Waals surface area contributed by atoms with Crippen molar-refractivity contribution < 1.29 is 8.78 Å². The topological polar surface area (TPSA) is 26.0 Å². The molecule has 0 aliphatic heterocycles. The van der Waals surface area contributed by atoms with E-state index in [-0.39, 0.29) is 12.5 Å². The summed E-state index contributed by atoms with van der Waals surface area (Å²) in [6, 6.07) is 9.57. The van der Waals surface area contributed by atoms with Crippen molar-refractivity contribution in [1.29, 1.82) is 0 Å². The van der Waals surface area contributed by atoms with Gasteiger partial charge in [-0.1, -0.05) is 40.2 Å². The molecule has 0 radical (unpaired) electrons. The standard InChI is InChI=1S/C15H14BrF2N/c1-9-5-6-11(12(16)7-9)14(19)8-10-3-2-4-13(17)15(10)18/h2-7,14H,8,19H2,1H3. The number of hydrogen-bond donors (Lipinski definition) is 1. The van der Waals surface area contributed by atoms with E-state index in [1.54, 1.807) is 6.07 Å². The fraction of sp³-hybridized carbons (Fsp3) is 0.200. The summed E-state index contributed by atoms with van der Waals surface area (Å²) in [5, 5.41) is 0. The van der Waals surface area contributed by atoms with Gasteiger partial charge in [0.15, 0.2) is 11.6 Å². The first-order chi connectivity index (χ1) is 8.99. The van der Waals surface area contributed by atoms with E-state index in [9.17, 15) is 8.78 Å². The fourth-order valence-electron chi connectivity index (χ4n) is 1.99. The molecule has 2 aromatic rings. The molecule has 1 unspecified atom stereocenters. The van der Waals surface area contributed by atoms with Crippen molar-refractivity contribution >= 4 is 15.9 Å². The van der Waals surface area contributed by atoms with E-state index in [1.807, 2.05) is 25.1 Å². The van der Waals surface area contributed by atoms with Crippen LogP contribution in [0.15, 0.2) is 40.9 Å². The van der Waals surface area contributed by atoms with Crippen LogP contribution in [0.3, 0.4) is 0 Å². The Labute approximate surface area is 119 Å². The normalized spacial score (nSPS) is 12.5. The minimum atomic E-state index is -0.840. The number of hydrogen-bond acceptors (Lipinski definition) is 1. The zero-order chi connectivity index (χ0) is 14.0. The maximum Gasteiger partial charge on any atom is 0.162 e. The highest BCUT2D eigenvalue weighted by Crippen LogP contribution is 2.26. The van der Waals surface area contributed by atoms with Gasteiger partial charge in [-0.2, -0.15) is 0 Å². The Morgan fingerprint density at radius 1 is 1.21 bits per heavy atom. The molecular formula is C15H14BrF2N. The van der Waals surface area contributed by atoms with Gasteiger partial charge in [-0.15, -0.1) is 0 Å². The Balaban J connectivity index is 2.25. The summed E-state index contributed by atoms with van der Waals surface area (Å²) in [5.41, 5.74) is 8.36. The molecule has 1 nitrogen and oxygen atoms in total. The lowest BCUT2D eigenvalue weighted by molar-refractivity contribution is 0.494. The second-order valence-electron chi connectivity index (χ2n) is 4.55. The second kappa shape index (κ2) is 5.80. The van der Waals surface area contributed by atoms with E-state index < -0.39 is 11.6 Å². The second-order valence-corrected chi connectivity index (χ2v) is 5.40. The number of nitrogens with two attached hydrogens (primary N) is 1. The van der Waals surface area contributed by atoms with Crippen molar-refractivity contribution in [3.8, 4) is 0 Å². The Kier molecular flexibility index (Phi) is 4.32. The maximum absolute atomic E-state index is 13.6. The van der Waals surface area contributed by atoms with Crippen LogP contribution >= 0.6 is 15.9 Å². The molecule has 2 rings (SSSR count). The lowest BCUT2D eigenvalue weighted by Gasteiger charge is -2.15. The van der Waals surface area contributed by atoms with Gasteiger partial charge in [-0.05, 0) is 42.2 Å². The number of aryl methyl sites for hydroxylation is 1. The van der Waals surface area contributed by atoms with Crippen LogP contribution in [0.25, 0.3) is 0 Å². The summed E-state index contributed by atoms with van der Waals surface area (Å²) in [7, 11) is 0. The molecule has 2 aromatic carbocycles. The molecule has 19 heavy (non-hydrogen) atoms. The van der Waals surface area contributed by atoms with E-state index in [0.29, 0.717) is 5.56 Å². The van der Waals surface area contributed by atoms with Crippen LogP contribution < -0.4 is 5.73 Å². The zero-order valence-electron chi connectivity index (χ0n) is 10.5. The van der Waals surface area contributed by atoms with Gasteiger partial charge in [0.1, 0.15) is 0 Å². The zero-order valence-corrected chi connectivity index (χ0v) is 12.0. The smallest absolute Gasteiger partial charge is 0.162 e. The molecule has 100 valence electrons. The summed E-state index contributed by atoms with van der Waals surface area (Å²) in [4.78, 5) is 0. The van der Waals surface area contributed by atoms with Crippen LogP contribution in [0.2, 0.25) is 0 Å². The summed E-state index contributed by atoms with van der Waals surface area (Å²) < 4.78 is 27.6.